The van der Waals surface area contributed by atoms with Crippen molar-refractivity contribution in [3.05, 3.63) is 47.9 Å². The van der Waals surface area contributed by atoms with E-state index in [0.717, 1.165) is 40.1 Å². The molecule has 102 valence electrons. The third-order valence-electron chi connectivity index (χ3n) is 3.45. The van der Waals surface area contributed by atoms with E-state index in [0.29, 0.717) is 5.88 Å². The van der Waals surface area contributed by atoms with Gasteiger partial charge in [-0.3, -0.25) is 0 Å². The average Bonchev–Trinajstić information content (AvgIpc) is 3.05. The van der Waals surface area contributed by atoms with E-state index in [1.807, 2.05) is 44.2 Å². The van der Waals surface area contributed by atoms with Crippen molar-refractivity contribution in [3.8, 4) is 22.4 Å². The highest BCUT2D eigenvalue weighted by Gasteiger charge is 2.21. The van der Waals surface area contributed by atoms with Gasteiger partial charge in [-0.2, -0.15) is 0 Å². The third kappa shape index (κ3) is 1.90. The molecule has 0 unspecified atom stereocenters. The van der Waals surface area contributed by atoms with Crippen molar-refractivity contribution < 1.29 is 8.94 Å². The van der Waals surface area contributed by atoms with Crippen LogP contribution in [0.2, 0.25) is 0 Å². The summed E-state index contributed by atoms with van der Waals surface area (Å²) in [4.78, 5) is 0. The van der Waals surface area contributed by atoms with Gasteiger partial charge in [-0.25, -0.2) is 0 Å². The standard InChI is InChI=1S/C16H16N2O2/c1-3-13-12(8-9-19-13)15-14(16(17)20-18-15)11-7-5-4-6-10(11)2/h4-9H,3,17H2,1-2H3. The Morgan fingerprint density at radius 3 is 2.70 bits per heavy atom. The van der Waals surface area contributed by atoms with Gasteiger partial charge < -0.3 is 14.7 Å². The van der Waals surface area contributed by atoms with E-state index in [1.54, 1.807) is 6.26 Å². The lowest BCUT2D eigenvalue weighted by molar-refractivity contribution is 0.439. The molecule has 20 heavy (non-hydrogen) atoms. The molecule has 0 spiro atoms. The highest BCUT2D eigenvalue weighted by atomic mass is 16.5. The van der Waals surface area contributed by atoms with Crippen molar-refractivity contribution >= 4 is 5.88 Å². The Balaban J connectivity index is 2.23. The number of nitrogens with two attached hydrogens (primary N) is 1. The van der Waals surface area contributed by atoms with Gasteiger partial charge in [-0.1, -0.05) is 36.3 Å². The molecule has 4 heteroatoms. The largest absolute Gasteiger partial charge is 0.469 e. The maximum absolute atomic E-state index is 5.98. The predicted octanol–water partition coefficient (Wildman–Crippen LogP) is 4.05. The molecule has 0 atom stereocenters. The van der Waals surface area contributed by atoms with E-state index in [4.69, 9.17) is 14.7 Å². The summed E-state index contributed by atoms with van der Waals surface area (Å²) in [5.74, 6) is 1.21. The van der Waals surface area contributed by atoms with Gasteiger partial charge in [0.25, 0.3) is 0 Å². The van der Waals surface area contributed by atoms with E-state index >= 15 is 0 Å². The van der Waals surface area contributed by atoms with E-state index in [1.165, 1.54) is 0 Å². The molecule has 3 rings (SSSR count). The molecular formula is C16H16N2O2. The van der Waals surface area contributed by atoms with E-state index in [2.05, 4.69) is 5.16 Å². The minimum Gasteiger partial charge on any atom is -0.469 e. The molecule has 0 aliphatic carbocycles. The zero-order valence-corrected chi connectivity index (χ0v) is 11.5. The summed E-state index contributed by atoms with van der Waals surface area (Å²) in [6.07, 6.45) is 2.46. The van der Waals surface area contributed by atoms with Crippen LogP contribution in [0.5, 0.6) is 0 Å². The highest BCUT2D eigenvalue weighted by molar-refractivity contribution is 5.88. The number of aromatic nitrogens is 1. The molecule has 3 aromatic rings. The highest BCUT2D eigenvalue weighted by Crippen LogP contribution is 2.39. The molecule has 0 amide bonds. The zero-order valence-electron chi connectivity index (χ0n) is 11.5. The van der Waals surface area contributed by atoms with Crippen LogP contribution in [0.15, 0.2) is 45.5 Å². The van der Waals surface area contributed by atoms with Gasteiger partial charge in [-0.15, -0.1) is 0 Å². The Morgan fingerprint density at radius 1 is 1.15 bits per heavy atom. The van der Waals surface area contributed by atoms with Gasteiger partial charge >= 0.3 is 0 Å². The molecule has 4 nitrogen and oxygen atoms in total. The second-order valence-corrected chi connectivity index (χ2v) is 4.70. The van der Waals surface area contributed by atoms with E-state index in [9.17, 15) is 0 Å². The van der Waals surface area contributed by atoms with Crippen LogP contribution in [0.3, 0.4) is 0 Å². The normalized spacial score (nSPS) is 10.9. The molecule has 2 N–H and O–H groups in total. The second-order valence-electron chi connectivity index (χ2n) is 4.70. The second kappa shape index (κ2) is 4.89. The Hall–Kier alpha value is -2.49. The van der Waals surface area contributed by atoms with Gasteiger partial charge in [-0.05, 0) is 24.1 Å². The van der Waals surface area contributed by atoms with Crippen LogP contribution in [-0.4, -0.2) is 5.16 Å². The number of hydrogen-bond acceptors (Lipinski definition) is 4. The topological polar surface area (TPSA) is 65.2 Å². The van der Waals surface area contributed by atoms with Crippen molar-refractivity contribution in [3.63, 3.8) is 0 Å². The maximum atomic E-state index is 5.98. The molecule has 0 aliphatic heterocycles. The first-order valence-corrected chi connectivity index (χ1v) is 6.60. The fraction of sp³-hybridized carbons (Fsp3) is 0.188. The van der Waals surface area contributed by atoms with Crippen LogP contribution in [0.25, 0.3) is 22.4 Å². The van der Waals surface area contributed by atoms with Crippen LogP contribution in [-0.2, 0) is 6.42 Å². The molecule has 0 saturated heterocycles. The lowest BCUT2D eigenvalue weighted by Crippen LogP contribution is -1.91. The zero-order chi connectivity index (χ0) is 14.1. The average molecular weight is 268 g/mol. The Morgan fingerprint density at radius 2 is 1.95 bits per heavy atom. The maximum Gasteiger partial charge on any atom is 0.230 e. The molecule has 0 bridgehead atoms. The summed E-state index contributed by atoms with van der Waals surface area (Å²) in [7, 11) is 0. The summed E-state index contributed by atoms with van der Waals surface area (Å²) in [5.41, 5.74) is 10.6. The van der Waals surface area contributed by atoms with Crippen LogP contribution in [0.1, 0.15) is 18.2 Å². The van der Waals surface area contributed by atoms with Crippen LogP contribution in [0.4, 0.5) is 5.88 Å². The first kappa shape index (κ1) is 12.5. The van der Waals surface area contributed by atoms with Crippen molar-refractivity contribution in [2.75, 3.05) is 5.73 Å². The van der Waals surface area contributed by atoms with Gasteiger partial charge in [0.05, 0.1) is 11.8 Å². The number of hydrogen-bond donors (Lipinski definition) is 1. The molecule has 2 aromatic heterocycles. The first-order valence-electron chi connectivity index (χ1n) is 6.60. The number of furan rings is 1. The van der Waals surface area contributed by atoms with E-state index < -0.39 is 0 Å². The summed E-state index contributed by atoms with van der Waals surface area (Å²) in [6, 6.07) is 9.94. The fourth-order valence-electron chi connectivity index (χ4n) is 2.43. The van der Waals surface area contributed by atoms with Crippen molar-refractivity contribution in [1.82, 2.24) is 5.16 Å². The van der Waals surface area contributed by atoms with Crippen LogP contribution >= 0.6 is 0 Å². The summed E-state index contributed by atoms with van der Waals surface area (Å²) in [5, 5.41) is 4.12. The minimum atomic E-state index is 0.331. The molecule has 0 radical (unpaired) electrons. The number of nitrogen functional groups attached to an aromatic ring is 1. The van der Waals surface area contributed by atoms with E-state index in [-0.39, 0.29) is 0 Å². The first-order chi connectivity index (χ1) is 9.72. The van der Waals surface area contributed by atoms with Crippen molar-refractivity contribution in [2.24, 2.45) is 0 Å². The third-order valence-corrected chi connectivity index (χ3v) is 3.45. The summed E-state index contributed by atoms with van der Waals surface area (Å²) >= 11 is 0. The van der Waals surface area contributed by atoms with Crippen molar-refractivity contribution in [2.45, 2.75) is 20.3 Å². The smallest absolute Gasteiger partial charge is 0.230 e. The Labute approximate surface area is 117 Å². The van der Waals surface area contributed by atoms with Gasteiger partial charge in [0.15, 0.2) is 0 Å². The molecule has 1 aromatic carbocycles. The van der Waals surface area contributed by atoms with Gasteiger partial charge in [0.2, 0.25) is 5.88 Å². The Kier molecular flexibility index (Phi) is 3.06. The molecular weight excluding hydrogens is 252 g/mol. The molecule has 0 fully saturated rings. The molecule has 2 heterocycles. The lowest BCUT2D eigenvalue weighted by Gasteiger charge is -2.05. The van der Waals surface area contributed by atoms with Crippen LogP contribution in [0, 0.1) is 6.92 Å². The van der Waals surface area contributed by atoms with Gasteiger partial charge in [0.1, 0.15) is 11.5 Å². The Bertz CT molecular complexity index is 741. The monoisotopic (exact) mass is 268 g/mol. The number of rotatable bonds is 3. The number of anilines is 1. The van der Waals surface area contributed by atoms with Gasteiger partial charge in [0, 0.05) is 12.0 Å². The number of aryl methyl sites for hydroxylation is 2. The quantitative estimate of drug-likeness (QED) is 0.778. The molecule has 0 aliphatic rings. The molecule has 0 saturated carbocycles. The van der Waals surface area contributed by atoms with Crippen molar-refractivity contribution in [1.29, 1.82) is 0 Å². The lowest BCUT2D eigenvalue weighted by atomic mass is 9.97. The predicted molar refractivity (Wildman–Crippen MR) is 78.2 cm³/mol. The number of benzene rings is 1. The summed E-state index contributed by atoms with van der Waals surface area (Å²) < 4.78 is 10.7. The SMILES string of the molecule is CCc1occc1-c1noc(N)c1-c1ccccc1C. The fourth-order valence-corrected chi connectivity index (χ4v) is 2.43. The van der Waals surface area contributed by atoms with Crippen LogP contribution < -0.4 is 5.73 Å². The minimum absolute atomic E-state index is 0.331. The summed E-state index contributed by atoms with van der Waals surface area (Å²) in [6.45, 7) is 4.08. The number of nitrogens with zero attached hydrogens (tertiary/aromatic N) is 1.